The van der Waals surface area contributed by atoms with Gasteiger partial charge >= 0.3 is 0 Å². The number of nitrogens with two attached hydrogens (primary N) is 2. The van der Waals surface area contributed by atoms with Crippen LogP contribution < -0.4 is 22.1 Å². The van der Waals surface area contributed by atoms with Crippen molar-refractivity contribution in [2.45, 2.75) is 50.7 Å². The van der Waals surface area contributed by atoms with E-state index < -0.39 is 5.41 Å². The highest BCUT2D eigenvalue weighted by Gasteiger charge is 2.43. The molecule has 0 bridgehead atoms. The molecule has 2 amide bonds. The Hall–Kier alpha value is -3.19. The van der Waals surface area contributed by atoms with Crippen LogP contribution in [-0.2, 0) is 40.9 Å². The highest BCUT2D eigenvalue weighted by molar-refractivity contribution is 5.94. The van der Waals surface area contributed by atoms with Crippen molar-refractivity contribution in [2.24, 2.45) is 11.5 Å². The van der Waals surface area contributed by atoms with Crippen LogP contribution in [0.3, 0.4) is 0 Å². The number of hydrogen-bond acceptors (Lipinski definition) is 4. The SMILES string of the molecule is C[C@@H](N)CC1(C(=N)N)c2ccc(CNC=O)cc2CCc2cc(CNC=O)ccc21. The minimum Gasteiger partial charge on any atom is -0.387 e. The second kappa shape index (κ2) is 9.09. The predicted molar refractivity (Wildman–Crippen MR) is 117 cm³/mol. The van der Waals surface area contributed by atoms with Gasteiger partial charge in [-0.2, -0.15) is 0 Å². The van der Waals surface area contributed by atoms with E-state index in [0.717, 1.165) is 46.2 Å². The van der Waals surface area contributed by atoms with Gasteiger partial charge in [-0.3, -0.25) is 15.0 Å². The van der Waals surface area contributed by atoms with E-state index in [2.05, 4.69) is 22.8 Å². The Bertz CT molecular complexity index is 891. The van der Waals surface area contributed by atoms with E-state index >= 15 is 0 Å². The van der Waals surface area contributed by atoms with Crippen molar-refractivity contribution >= 4 is 18.7 Å². The van der Waals surface area contributed by atoms with Crippen molar-refractivity contribution in [3.8, 4) is 0 Å². The zero-order valence-corrected chi connectivity index (χ0v) is 17.2. The molecule has 7 N–H and O–H groups in total. The number of fused-ring (bicyclic) bond motifs is 2. The fourth-order valence-electron chi connectivity index (χ4n) is 4.60. The van der Waals surface area contributed by atoms with Crippen molar-refractivity contribution in [1.29, 1.82) is 5.41 Å². The molecule has 0 spiro atoms. The Morgan fingerprint density at radius 1 is 1.03 bits per heavy atom. The number of nitrogens with one attached hydrogen (secondary N) is 3. The van der Waals surface area contributed by atoms with Gasteiger partial charge in [0.1, 0.15) is 5.84 Å². The van der Waals surface area contributed by atoms with Gasteiger partial charge in [-0.1, -0.05) is 36.4 Å². The fraction of sp³-hybridized carbons (Fsp3) is 0.348. The van der Waals surface area contributed by atoms with E-state index in [0.29, 0.717) is 32.3 Å². The maximum atomic E-state index is 10.7. The smallest absolute Gasteiger partial charge is 0.207 e. The predicted octanol–water partition coefficient (Wildman–Crippen LogP) is 1.24. The lowest BCUT2D eigenvalue weighted by Crippen LogP contribution is -2.46. The minimum absolute atomic E-state index is 0.0710. The molecule has 7 nitrogen and oxygen atoms in total. The normalized spacial score (nSPS) is 15.1. The number of amides is 2. The monoisotopic (exact) mass is 407 g/mol. The molecular weight excluding hydrogens is 378 g/mol. The molecule has 0 heterocycles. The van der Waals surface area contributed by atoms with E-state index in [9.17, 15) is 9.59 Å². The molecule has 7 heteroatoms. The third-order valence-electron chi connectivity index (χ3n) is 5.79. The first-order valence-electron chi connectivity index (χ1n) is 10.1. The summed E-state index contributed by atoms with van der Waals surface area (Å²) in [5.74, 6) is 0.0710. The summed E-state index contributed by atoms with van der Waals surface area (Å²) < 4.78 is 0. The van der Waals surface area contributed by atoms with E-state index in [1.54, 1.807) is 0 Å². The lowest BCUT2D eigenvalue weighted by Gasteiger charge is -2.37. The maximum Gasteiger partial charge on any atom is 0.207 e. The van der Waals surface area contributed by atoms with Crippen molar-refractivity contribution in [2.75, 3.05) is 0 Å². The number of carbonyl (C=O) groups is 2. The Morgan fingerprint density at radius 3 is 1.87 bits per heavy atom. The molecular formula is C23H29N5O2. The van der Waals surface area contributed by atoms with E-state index in [1.807, 2.05) is 31.2 Å². The molecule has 0 radical (unpaired) electrons. The largest absolute Gasteiger partial charge is 0.387 e. The van der Waals surface area contributed by atoms with Gasteiger partial charge in [0.15, 0.2) is 0 Å². The Balaban J connectivity index is 2.19. The molecule has 30 heavy (non-hydrogen) atoms. The van der Waals surface area contributed by atoms with Crippen LogP contribution in [0.5, 0.6) is 0 Å². The number of amidine groups is 1. The first-order chi connectivity index (χ1) is 14.4. The Kier molecular flexibility index (Phi) is 6.52. The van der Waals surface area contributed by atoms with Gasteiger partial charge < -0.3 is 22.1 Å². The summed E-state index contributed by atoms with van der Waals surface area (Å²) in [6.07, 6.45) is 3.46. The first-order valence-corrected chi connectivity index (χ1v) is 10.1. The molecule has 0 unspecified atom stereocenters. The summed E-state index contributed by atoms with van der Waals surface area (Å²) in [6, 6.07) is 12.0. The molecule has 0 aliphatic heterocycles. The standard InChI is InChI=1S/C23H29N5O2/c1-15(24)10-23(22(25)26)20-6-2-16(11-27-13-29)8-18(20)4-5-19-9-17(12-28-14-30)3-7-21(19)23/h2-3,6-9,13-15H,4-5,10-12,24H2,1H3,(H3,25,26)(H,27,29)(H,28,30)/t15-/m1/s1. The molecule has 0 saturated heterocycles. The zero-order valence-electron chi connectivity index (χ0n) is 17.2. The Morgan fingerprint density at radius 2 is 1.50 bits per heavy atom. The van der Waals surface area contributed by atoms with Gasteiger partial charge in [-0.15, -0.1) is 0 Å². The average molecular weight is 408 g/mol. The van der Waals surface area contributed by atoms with E-state index in [1.165, 1.54) is 0 Å². The topological polar surface area (TPSA) is 134 Å². The summed E-state index contributed by atoms with van der Waals surface area (Å²) in [4.78, 5) is 21.4. The van der Waals surface area contributed by atoms with Crippen LogP contribution in [0.15, 0.2) is 36.4 Å². The van der Waals surface area contributed by atoms with Crippen LogP contribution in [-0.4, -0.2) is 24.7 Å². The van der Waals surface area contributed by atoms with Crippen LogP contribution in [0, 0.1) is 5.41 Å². The Labute approximate surface area is 176 Å². The maximum absolute atomic E-state index is 10.7. The van der Waals surface area contributed by atoms with Crippen LogP contribution in [0.4, 0.5) is 0 Å². The van der Waals surface area contributed by atoms with Gasteiger partial charge in [-0.05, 0) is 59.6 Å². The lowest BCUT2D eigenvalue weighted by atomic mass is 9.67. The van der Waals surface area contributed by atoms with Gasteiger partial charge in [0.2, 0.25) is 12.8 Å². The number of hydrogen-bond donors (Lipinski definition) is 5. The van der Waals surface area contributed by atoms with Crippen LogP contribution in [0.25, 0.3) is 0 Å². The summed E-state index contributed by atoms with van der Waals surface area (Å²) in [5, 5.41) is 14.0. The van der Waals surface area contributed by atoms with E-state index in [4.69, 9.17) is 16.9 Å². The van der Waals surface area contributed by atoms with E-state index in [-0.39, 0.29) is 11.9 Å². The molecule has 3 rings (SSSR count). The van der Waals surface area contributed by atoms with Crippen molar-refractivity contribution in [3.63, 3.8) is 0 Å². The lowest BCUT2D eigenvalue weighted by molar-refractivity contribution is -0.110. The van der Waals surface area contributed by atoms with Gasteiger partial charge in [-0.25, -0.2) is 0 Å². The van der Waals surface area contributed by atoms with Gasteiger partial charge in [0.25, 0.3) is 0 Å². The first kappa shape index (κ1) is 21.5. The van der Waals surface area contributed by atoms with Crippen molar-refractivity contribution in [1.82, 2.24) is 10.6 Å². The number of rotatable bonds is 9. The van der Waals surface area contributed by atoms with Crippen LogP contribution >= 0.6 is 0 Å². The van der Waals surface area contributed by atoms with Crippen LogP contribution in [0.2, 0.25) is 0 Å². The summed E-state index contributed by atoms with van der Waals surface area (Å²) in [7, 11) is 0. The zero-order chi connectivity index (χ0) is 21.7. The molecule has 0 aromatic heterocycles. The number of carbonyl (C=O) groups excluding carboxylic acids is 2. The second-order valence-corrected chi connectivity index (χ2v) is 7.98. The average Bonchev–Trinajstić information content (AvgIpc) is 2.85. The third-order valence-corrected chi connectivity index (χ3v) is 5.79. The van der Waals surface area contributed by atoms with Crippen molar-refractivity contribution < 1.29 is 9.59 Å². The molecule has 1 atom stereocenters. The summed E-state index contributed by atoms with van der Waals surface area (Å²) in [6.45, 7) is 2.83. The molecule has 0 saturated carbocycles. The highest BCUT2D eigenvalue weighted by Crippen LogP contribution is 2.43. The third kappa shape index (κ3) is 4.07. The summed E-state index contributed by atoms with van der Waals surface area (Å²) >= 11 is 0. The molecule has 0 fully saturated rings. The number of aryl methyl sites for hydroxylation is 2. The molecule has 1 aliphatic rings. The molecule has 2 aromatic rings. The van der Waals surface area contributed by atoms with Crippen LogP contribution in [0.1, 0.15) is 46.7 Å². The second-order valence-electron chi connectivity index (χ2n) is 7.98. The molecule has 1 aliphatic carbocycles. The van der Waals surface area contributed by atoms with Gasteiger partial charge in [0.05, 0.1) is 5.41 Å². The number of benzene rings is 2. The highest BCUT2D eigenvalue weighted by atomic mass is 16.1. The van der Waals surface area contributed by atoms with Gasteiger partial charge in [0, 0.05) is 19.1 Å². The molecule has 158 valence electrons. The van der Waals surface area contributed by atoms with Crippen molar-refractivity contribution in [3.05, 3.63) is 69.8 Å². The molecule has 2 aromatic carbocycles. The fourth-order valence-corrected chi connectivity index (χ4v) is 4.60. The summed E-state index contributed by atoms with van der Waals surface area (Å²) in [5.41, 5.74) is 18.0. The quantitative estimate of drug-likeness (QED) is 0.243. The minimum atomic E-state index is -0.817.